The van der Waals surface area contributed by atoms with Crippen LogP contribution in [0.1, 0.15) is 59.2 Å². The second-order valence-corrected chi connectivity index (χ2v) is 7.92. The fourth-order valence-corrected chi connectivity index (χ4v) is 4.36. The molecule has 6 nitrogen and oxygen atoms in total. The molecule has 1 unspecified atom stereocenters. The summed E-state index contributed by atoms with van der Waals surface area (Å²) in [5, 5.41) is 8.98. The zero-order chi connectivity index (χ0) is 18.8. The van der Waals surface area contributed by atoms with Gasteiger partial charge in [-0.25, -0.2) is 0 Å². The number of nitrogens with zero attached hydrogens (tertiary/aromatic N) is 5. The van der Waals surface area contributed by atoms with Crippen LogP contribution in [0.3, 0.4) is 0 Å². The maximum absolute atomic E-state index is 13.0. The van der Waals surface area contributed by atoms with Gasteiger partial charge in [-0.1, -0.05) is 18.2 Å². The molecule has 144 valence electrons. The van der Waals surface area contributed by atoms with Crippen molar-refractivity contribution in [2.24, 2.45) is 7.05 Å². The van der Waals surface area contributed by atoms with E-state index < -0.39 is 0 Å². The van der Waals surface area contributed by atoms with E-state index in [4.69, 9.17) is 0 Å². The lowest BCUT2D eigenvalue weighted by molar-refractivity contribution is 0.0702. The quantitative estimate of drug-likeness (QED) is 0.834. The number of carbonyl (C=O) groups excluding carboxylic acids is 1. The SMILES string of the molecule is Cc1ccccc1C(=O)N1CCCC(c2nnc(CN3CCCC3)n2C)C1. The summed E-state index contributed by atoms with van der Waals surface area (Å²) in [5.41, 5.74) is 1.85. The van der Waals surface area contributed by atoms with Crippen LogP contribution in [0, 0.1) is 6.92 Å². The standard InChI is InChI=1S/C21H29N5O/c1-16-8-3-4-10-18(16)21(27)26-13-7-9-17(14-26)20-23-22-19(24(20)2)15-25-11-5-6-12-25/h3-4,8,10,17H,5-7,9,11-15H2,1-2H3. The number of piperidine rings is 1. The van der Waals surface area contributed by atoms with E-state index in [9.17, 15) is 4.79 Å². The van der Waals surface area contributed by atoms with Crippen LogP contribution in [0.5, 0.6) is 0 Å². The Hall–Kier alpha value is -2.21. The summed E-state index contributed by atoms with van der Waals surface area (Å²) in [4.78, 5) is 17.4. The molecule has 0 saturated carbocycles. The van der Waals surface area contributed by atoms with Crippen molar-refractivity contribution < 1.29 is 4.79 Å². The lowest BCUT2D eigenvalue weighted by Gasteiger charge is -2.32. The Morgan fingerprint density at radius 3 is 2.67 bits per heavy atom. The molecular weight excluding hydrogens is 338 g/mol. The van der Waals surface area contributed by atoms with Crippen molar-refractivity contribution in [3.63, 3.8) is 0 Å². The van der Waals surface area contributed by atoms with Crippen LogP contribution in [0.2, 0.25) is 0 Å². The van der Waals surface area contributed by atoms with E-state index >= 15 is 0 Å². The van der Waals surface area contributed by atoms with Gasteiger partial charge in [0.25, 0.3) is 5.91 Å². The Morgan fingerprint density at radius 1 is 1.11 bits per heavy atom. The van der Waals surface area contributed by atoms with Gasteiger partial charge < -0.3 is 9.47 Å². The summed E-state index contributed by atoms with van der Waals surface area (Å²) >= 11 is 0. The largest absolute Gasteiger partial charge is 0.338 e. The number of aromatic nitrogens is 3. The third kappa shape index (κ3) is 3.76. The number of hydrogen-bond acceptors (Lipinski definition) is 4. The minimum Gasteiger partial charge on any atom is -0.338 e. The van der Waals surface area contributed by atoms with Crippen molar-refractivity contribution in [1.29, 1.82) is 0 Å². The first-order valence-corrected chi connectivity index (χ1v) is 10.1. The molecule has 1 atom stereocenters. The van der Waals surface area contributed by atoms with E-state index in [-0.39, 0.29) is 11.8 Å². The van der Waals surface area contributed by atoms with Crippen molar-refractivity contribution in [3.8, 4) is 0 Å². The first-order chi connectivity index (χ1) is 13.1. The lowest BCUT2D eigenvalue weighted by atomic mass is 9.96. The lowest BCUT2D eigenvalue weighted by Crippen LogP contribution is -2.40. The van der Waals surface area contributed by atoms with E-state index in [1.807, 2.05) is 36.1 Å². The number of hydrogen-bond donors (Lipinski definition) is 0. The van der Waals surface area contributed by atoms with Crippen molar-refractivity contribution in [3.05, 3.63) is 47.0 Å². The number of rotatable bonds is 4. The van der Waals surface area contributed by atoms with Gasteiger partial charge in [0.15, 0.2) is 0 Å². The average molecular weight is 367 g/mol. The molecule has 0 spiro atoms. The molecule has 2 saturated heterocycles. The summed E-state index contributed by atoms with van der Waals surface area (Å²) in [6.45, 7) is 6.74. The topological polar surface area (TPSA) is 54.3 Å². The summed E-state index contributed by atoms with van der Waals surface area (Å²) in [6, 6.07) is 7.85. The Balaban J connectivity index is 1.47. The second kappa shape index (κ2) is 7.80. The molecule has 2 fully saturated rings. The van der Waals surface area contributed by atoms with Gasteiger partial charge in [-0.15, -0.1) is 10.2 Å². The molecule has 6 heteroatoms. The normalized spacial score (nSPS) is 21.0. The summed E-state index contributed by atoms with van der Waals surface area (Å²) in [7, 11) is 2.07. The van der Waals surface area contributed by atoms with Gasteiger partial charge in [-0.3, -0.25) is 9.69 Å². The second-order valence-electron chi connectivity index (χ2n) is 7.92. The van der Waals surface area contributed by atoms with Crippen molar-refractivity contribution in [2.45, 2.75) is 45.1 Å². The molecule has 2 aromatic rings. The van der Waals surface area contributed by atoms with Crippen LogP contribution < -0.4 is 0 Å². The zero-order valence-electron chi connectivity index (χ0n) is 16.4. The molecule has 0 radical (unpaired) electrons. The Morgan fingerprint density at radius 2 is 1.89 bits per heavy atom. The Labute approximate surface area is 161 Å². The maximum atomic E-state index is 13.0. The maximum Gasteiger partial charge on any atom is 0.254 e. The number of likely N-dealkylation sites (tertiary alicyclic amines) is 2. The van der Waals surface area contributed by atoms with E-state index in [2.05, 4.69) is 26.7 Å². The van der Waals surface area contributed by atoms with Gasteiger partial charge in [0.1, 0.15) is 11.6 Å². The van der Waals surface area contributed by atoms with Crippen LogP contribution in [-0.2, 0) is 13.6 Å². The molecule has 1 aromatic carbocycles. The average Bonchev–Trinajstić information content (AvgIpc) is 3.32. The van der Waals surface area contributed by atoms with Crippen molar-refractivity contribution in [2.75, 3.05) is 26.2 Å². The molecule has 1 amide bonds. The molecule has 0 N–H and O–H groups in total. The smallest absolute Gasteiger partial charge is 0.254 e. The number of benzene rings is 1. The monoisotopic (exact) mass is 367 g/mol. The number of aryl methyl sites for hydroxylation is 1. The highest BCUT2D eigenvalue weighted by Gasteiger charge is 2.29. The molecule has 1 aromatic heterocycles. The van der Waals surface area contributed by atoms with E-state index in [1.165, 1.54) is 12.8 Å². The molecule has 0 aliphatic carbocycles. The molecule has 2 aliphatic rings. The molecule has 3 heterocycles. The van der Waals surface area contributed by atoms with Gasteiger partial charge >= 0.3 is 0 Å². The number of carbonyl (C=O) groups is 1. The summed E-state index contributed by atoms with van der Waals surface area (Å²) in [6.07, 6.45) is 4.64. The minimum atomic E-state index is 0.136. The summed E-state index contributed by atoms with van der Waals surface area (Å²) in [5.74, 6) is 2.45. The molecule has 2 aliphatic heterocycles. The molecule has 4 rings (SSSR count). The Bertz CT molecular complexity index is 809. The predicted molar refractivity (Wildman–Crippen MR) is 105 cm³/mol. The third-order valence-electron chi connectivity index (χ3n) is 6.01. The van der Waals surface area contributed by atoms with Gasteiger partial charge in [0.2, 0.25) is 0 Å². The van der Waals surface area contributed by atoms with Gasteiger partial charge in [-0.2, -0.15) is 0 Å². The van der Waals surface area contributed by atoms with Crippen LogP contribution in [0.4, 0.5) is 0 Å². The van der Waals surface area contributed by atoms with Crippen LogP contribution >= 0.6 is 0 Å². The first-order valence-electron chi connectivity index (χ1n) is 10.1. The highest BCUT2D eigenvalue weighted by Crippen LogP contribution is 2.27. The van der Waals surface area contributed by atoms with E-state index in [0.29, 0.717) is 0 Å². The molecular formula is C21H29N5O. The Kier molecular flexibility index (Phi) is 5.25. The van der Waals surface area contributed by atoms with E-state index in [1.54, 1.807) is 0 Å². The number of amides is 1. The fourth-order valence-electron chi connectivity index (χ4n) is 4.36. The van der Waals surface area contributed by atoms with Gasteiger partial charge in [0.05, 0.1) is 6.54 Å². The van der Waals surface area contributed by atoms with Gasteiger partial charge in [-0.05, 0) is 57.3 Å². The van der Waals surface area contributed by atoms with Gasteiger partial charge in [0, 0.05) is 31.6 Å². The van der Waals surface area contributed by atoms with Crippen molar-refractivity contribution >= 4 is 5.91 Å². The van der Waals surface area contributed by atoms with Crippen molar-refractivity contribution in [1.82, 2.24) is 24.6 Å². The third-order valence-corrected chi connectivity index (χ3v) is 6.01. The predicted octanol–water partition coefficient (Wildman–Crippen LogP) is 2.74. The first kappa shape index (κ1) is 18.2. The van der Waals surface area contributed by atoms with Crippen LogP contribution in [-0.4, -0.2) is 56.7 Å². The zero-order valence-corrected chi connectivity index (χ0v) is 16.4. The molecule has 27 heavy (non-hydrogen) atoms. The highest BCUT2D eigenvalue weighted by molar-refractivity contribution is 5.95. The van der Waals surface area contributed by atoms with Crippen LogP contribution in [0.15, 0.2) is 24.3 Å². The van der Waals surface area contributed by atoms with Crippen LogP contribution in [0.25, 0.3) is 0 Å². The summed E-state index contributed by atoms with van der Waals surface area (Å²) < 4.78 is 2.16. The molecule has 0 bridgehead atoms. The van der Waals surface area contributed by atoms with E-state index in [0.717, 1.165) is 68.3 Å². The minimum absolute atomic E-state index is 0.136. The highest BCUT2D eigenvalue weighted by atomic mass is 16.2. The fraction of sp³-hybridized carbons (Fsp3) is 0.571.